The van der Waals surface area contributed by atoms with Crippen LogP contribution in [0.2, 0.25) is 0 Å². The van der Waals surface area contributed by atoms with Gasteiger partial charge in [-0.15, -0.1) is 0 Å². The van der Waals surface area contributed by atoms with Gasteiger partial charge < -0.3 is 4.90 Å². The molecule has 1 N–H and O–H groups in total. The molecule has 0 spiro atoms. The monoisotopic (exact) mass is 471 g/mol. The Morgan fingerprint density at radius 3 is 2.27 bits per heavy atom. The molecule has 33 heavy (non-hydrogen) atoms. The summed E-state index contributed by atoms with van der Waals surface area (Å²) in [4.78, 5) is 16.7. The fourth-order valence-corrected chi connectivity index (χ4v) is 4.79. The molecule has 0 saturated carbocycles. The summed E-state index contributed by atoms with van der Waals surface area (Å²) in [5, 5.41) is 0. The van der Waals surface area contributed by atoms with E-state index in [-0.39, 0.29) is 27.9 Å². The highest BCUT2D eigenvalue weighted by molar-refractivity contribution is 7.92. The third-order valence-electron chi connectivity index (χ3n) is 5.50. The summed E-state index contributed by atoms with van der Waals surface area (Å²) in [6.07, 6.45) is 0. The number of carbonyl (C=O) groups is 1. The Balaban J connectivity index is 1.40. The average Bonchev–Trinajstić information content (AvgIpc) is 2.82. The summed E-state index contributed by atoms with van der Waals surface area (Å²) in [6.45, 7) is 2.56. The lowest BCUT2D eigenvalue weighted by Gasteiger charge is -2.34. The van der Waals surface area contributed by atoms with Crippen LogP contribution in [0.4, 0.5) is 14.5 Å². The van der Waals surface area contributed by atoms with Gasteiger partial charge in [0.2, 0.25) is 0 Å². The van der Waals surface area contributed by atoms with Crippen LogP contribution in [0.3, 0.4) is 0 Å². The van der Waals surface area contributed by atoms with Crippen molar-refractivity contribution in [3.63, 3.8) is 0 Å². The number of piperazine rings is 1. The maximum Gasteiger partial charge on any atom is 0.261 e. The molecule has 0 aromatic heterocycles. The van der Waals surface area contributed by atoms with Crippen LogP contribution in [-0.2, 0) is 16.6 Å². The van der Waals surface area contributed by atoms with Crippen LogP contribution in [0, 0.1) is 11.6 Å². The van der Waals surface area contributed by atoms with Crippen LogP contribution in [0.1, 0.15) is 15.9 Å². The van der Waals surface area contributed by atoms with E-state index in [4.69, 9.17) is 0 Å². The SMILES string of the molecule is O=C(c1cccc(S(=O)(=O)Nc2ccc(F)cc2)c1)N1CCN(Cc2ccccc2F)CC1. The van der Waals surface area contributed by atoms with Gasteiger partial charge in [-0.1, -0.05) is 24.3 Å². The molecule has 0 aliphatic carbocycles. The van der Waals surface area contributed by atoms with Crippen LogP contribution < -0.4 is 4.72 Å². The Morgan fingerprint density at radius 2 is 1.58 bits per heavy atom. The van der Waals surface area contributed by atoms with Crippen molar-refractivity contribution >= 4 is 21.6 Å². The van der Waals surface area contributed by atoms with Crippen molar-refractivity contribution in [1.29, 1.82) is 0 Å². The van der Waals surface area contributed by atoms with Crippen molar-refractivity contribution in [3.8, 4) is 0 Å². The van der Waals surface area contributed by atoms with E-state index in [0.29, 0.717) is 38.3 Å². The molecule has 172 valence electrons. The normalized spacial score (nSPS) is 14.8. The Kier molecular flexibility index (Phi) is 6.71. The fourth-order valence-electron chi connectivity index (χ4n) is 3.69. The maximum atomic E-state index is 13.9. The standard InChI is InChI=1S/C24H23F2N3O3S/c25-20-8-10-21(11-9-20)27-33(31,32)22-6-3-5-18(16-22)24(30)29-14-12-28(13-15-29)17-19-4-1-2-7-23(19)26/h1-11,16,27H,12-15,17H2. The van der Waals surface area contributed by atoms with E-state index in [1.807, 2.05) is 0 Å². The zero-order valence-corrected chi connectivity index (χ0v) is 18.6. The number of benzene rings is 3. The second-order valence-electron chi connectivity index (χ2n) is 7.80. The highest BCUT2D eigenvalue weighted by atomic mass is 32.2. The van der Waals surface area contributed by atoms with Gasteiger partial charge in [0, 0.05) is 49.5 Å². The highest BCUT2D eigenvalue weighted by Crippen LogP contribution is 2.19. The van der Waals surface area contributed by atoms with Gasteiger partial charge in [-0.25, -0.2) is 17.2 Å². The molecule has 3 aromatic rings. The number of sulfonamides is 1. The van der Waals surface area contributed by atoms with E-state index in [9.17, 15) is 22.0 Å². The Morgan fingerprint density at radius 1 is 0.879 bits per heavy atom. The summed E-state index contributed by atoms with van der Waals surface area (Å²) >= 11 is 0. The largest absolute Gasteiger partial charge is 0.336 e. The van der Waals surface area contributed by atoms with Gasteiger partial charge >= 0.3 is 0 Å². The molecule has 6 nitrogen and oxygen atoms in total. The van der Waals surface area contributed by atoms with Crippen molar-refractivity contribution in [2.24, 2.45) is 0 Å². The van der Waals surface area contributed by atoms with Crippen molar-refractivity contribution in [3.05, 3.63) is 95.6 Å². The molecule has 4 rings (SSSR count). The summed E-state index contributed by atoms with van der Waals surface area (Å²) in [6, 6.07) is 17.4. The van der Waals surface area contributed by atoms with Gasteiger partial charge in [0.1, 0.15) is 11.6 Å². The second-order valence-corrected chi connectivity index (χ2v) is 9.48. The Labute approximate surface area is 191 Å². The lowest BCUT2D eigenvalue weighted by Crippen LogP contribution is -2.48. The van der Waals surface area contributed by atoms with E-state index >= 15 is 0 Å². The predicted molar refractivity (Wildman–Crippen MR) is 121 cm³/mol. The number of anilines is 1. The second kappa shape index (κ2) is 9.68. The predicted octanol–water partition coefficient (Wildman–Crippen LogP) is 3.72. The summed E-state index contributed by atoms with van der Waals surface area (Å²) in [5.41, 5.74) is 1.10. The van der Waals surface area contributed by atoms with E-state index in [2.05, 4.69) is 9.62 Å². The number of halogens is 2. The first-order chi connectivity index (χ1) is 15.8. The van der Waals surface area contributed by atoms with Crippen molar-refractivity contribution in [2.75, 3.05) is 30.9 Å². The van der Waals surface area contributed by atoms with Gasteiger partial charge in [-0.05, 0) is 48.5 Å². The minimum Gasteiger partial charge on any atom is -0.336 e. The molecule has 9 heteroatoms. The van der Waals surface area contributed by atoms with Crippen LogP contribution in [0.15, 0.2) is 77.7 Å². The van der Waals surface area contributed by atoms with Crippen LogP contribution in [0.25, 0.3) is 0 Å². The molecule has 1 heterocycles. The van der Waals surface area contributed by atoms with Gasteiger partial charge in [0.25, 0.3) is 15.9 Å². The minimum atomic E-state index is -3.95. The van der Waals surface area contributed by atoms with Gasteiger partial charge in [0.15, 0.2) is 0 Å². The smallest absolute Gasteiger partial charge is 0.261 e. The van der Waals surface area contributed by atoms with E-state index in [0.717, 1.165) is 12.1 Å². The van der Waals surface area contributed by atoms with E-state index in [1.165, 1.54) is 36.4 Å². The zero-order chi connectivity index (χ0) is 23.4. The number of nitrogens with zero attached hydrogens (tertiary/aromatic N) is 2. The van der Waals surface area contributed by atoms with Crippen molar-refractivity contribution in [2.45, 2.75) is 11.4 Å². The number of hydrogen-bond donors (Lipinski definition) is 1. The molecule has 0 atom stereocenters. The third-order valence-corrected chi connectivity index (χ3v) is 6.88. The highest BCUT2D eigenvalue weighted by Gasteiger charge is 2.24. The van der Waals surface area contributed by atoms with Gasteiger partial charge in [0.05, 0.1) is 4.90 Å². The molecule has 3 aromatic carbocycles. The summed E-state index contributed by atoms with van der Waals surface area (Å²) in [7, 11) is -3.95. The third kappa shape index (κ3) is 5.55. The number of amides is 1. The number of rotatable bonds is 6. The average molecular weight is 472 g/mol. The Hall–Kier alpha value is -3.30. The van der Waals surface area contributed by atoms with E-state index < -0.39 is 15.8 Å². The lowest BCUT2D eigenvalue weighted by molar-refractivity contribution is 0.0627. The summed E-state index contributed by atoms with van der Waals surface area (Å²) < 4.78 is 54.8. The molecular formula is C24H23F2N3O3S. The molecule has 1 amide bonds. The summed E-state index contributed by atoms with van der Waals surface area (Å²) in [5.74, 6) is -0.984. The topological polar surface area (TPSA) is 69.7 Å². The first kappa shape index (κ1) is 22.9. The number of hydrogen-bond acceptors (Lipinski definition) is 4. The van der Waals surface area contributed by atoms with E-state index in [1.54, 1.807) is 29.2 Å². The fraction of sp³-hybridized carbons (Fsp3) is 0.208. The molecule has 0 radical (unpaired) electrons. The number of nitrogens with one attached hydrogen (secondary N) is 1. The molecule has 1 fully saturated rings. The van der Waals surface area contributed by atoms with Crippen LogP contribution in [0.5, 0.6) is 0 Å². The maximum absolute atomic E-state index is 13.9. The Bertz CT molecular complexity index is 1240. The first-order valence-corrected chi connectivity index (χ1v) is 11.9. The molecular weight excluding hydrogens is 448 g/mol. The molecule has 0 bridgehead atoms. The number of carbonyl (C=O) groups excluding carboxylic acids is 1. The van der Waals surface area contributed by atoms with Crippen LogP contribution >= 0.6 is 0 Å². The molecule has 1 aliphatic rings. The molecule has 1 saturated heterocycles. The minimum absolute atomic E-state index is 0.0594. The first-order valence-electron chi connectivity index (χ1n) is 10.5. The lowest BCUT2D eigenvalue weighted by atomic mass is 10.1. The molecule has 0 unspecified atom stereocenters. The quantitative estimate of drug-likeness (QED) is 0.595. The van der Waals surface area contributed by atoms with Crippen molar-refractivity contribution in [1.82, 2.24) is 9.80 Å². The van der Waals surface area contributed by atoms with Crippen LogP contribution in [-0.4, -0.2) is 50.3 Å². The van der Waals surface area contributed by atoms with Gasteiger partial charge in [-0.2, -0.15) is 0 Å². The molecule has 1 aliphatic heterocycles. The van der Waals surface area contributed by atoms with Gasteiger partial charge in [-0.3, -0.25) is 14.4 Å². The zero-order valence-electron chi connectivity index (χ0n) is 17.7. The van der Waals surface area contributed by atoms with Crippen molar-refractivity contribution < 1.29 is 22.0 Å².